The van der Waals surface area contributed by atoms with Crippen LogP contribution in [0.2, 0.25) is 0 Å². The molecule has 0 spiro atoms. The van der Waals surface area contributed by atoms with Gasteiger partial charge in [-0.05, 0) is 78.6 Å². The van der Waals surface area contributed by atoms with Crippen LogP contribution >= 0.6 is 7.82 Å². The van der Waals surface area contributed by atoms with Gasteiger partial charge in [-0.25, -0.2) is 32.5 Å². The molecule has 0 aliphatic heterocycles. The first-order chi connectivity index (χ1) is 30.8. The van der Waals surface area contributed by atoms with Crippen molar-refractivity contribution in [1.29, 1.82) is 0 Å². The minimum absolute atomic E-state index is 0.00479. The number of unbranched alkanes of at least 4 members (excludes halogenated alkanes) is 6. The molecular formula is C48H87O16P. The third-order valence-electron chi connectivity index (χ3n) is 9.61. The second-order valence-electron chi connectivity index (χ2n) is 16.0. The van der Waals surface area contributed by atoms with Crippen LogP contribution in [0.1, 0.15) is 179 Å². The molecule has 0 aromatic rings. The standard InChI is InChI=1S/C48H87O16P/c1-16-25-31-53-46(54-32-26-17-2,40(22-7)59-43(49)37(10)11)62-65(52,63-47(55-33-27-18-3,56-34-28-19-4)41(23-8)60-44(50)38(12)13)64-48(57-35-29-20-5,58-36-30-21-6)42(24-9)61-45(51)39(14)15/h40-42H,10,12,14,16-36H2,1-9,11,13,15H3. The van der Waals surface area contributed by atoms with Gasteiger partial charge < -0.3 is 42.6 Å². The van der Waals surface area contributed by atoms with Crippen LogP contribution in [-0.2, 0) is 75.2 Å². The molecule has 0 aliphatic rings. The first-order valence-corrected chi connectivity index (χ1v) is 25.5. The summed E-state index contributed by atoms with van der Waals surface area (Å²) < 4.78 is 93.8. The summed E-state index contributed by atoms with van der Waals surface area (Å²) in [6, 6.07) is 0. The number of carbonyl (C=O) groups is 3. The Labute approximate surface area is 391 Å². The molecule has 0 rings (SSSR count). The van der Waals surface area contributed by atoms with Gasteiger partial charge in [-0.3, -0.25) is 0 Å². The van der Waals surface area contributed by atoms with E-state index in [0.717, 1.165) is 0 Å². The van der Waals surface area contributed by atoms with E-state index in [9.17, 15) is 14.4 Å². The molecule has 16 nitrogen and oxygen atoms in total. The van der Waals surface area contributed by atoms with Crippen LogP contribution in [0.25, 0.3) is 0 Å². The molecule has 0 saturated heterocycles. The molecule has 3 unspecified atom stereocenters. The Morgan fingerprint density at radius 3 is 0.723 bits per heavy atom. The number of phosphoric ester groups is 1. The molecule has 0 bridgehead atoms. The van der Waals surface area contributed by atoms with E-state index in [1.807, 2.05) is 41.5 Å². The van der Waals surface area contributed by atoms with E-state index in [0.29, 0.717) is 77.0 Å². The predicted octanol–water partition coefficient (Wildman–Crippen LogP) is 11.7. The fourth-order valence-electron chi connectivity index (χ4n) is 5.60. The molecule has 0 aromatic heterocycles. The second-order valence-corrected chi connectivity index (χ2v) is 17.4. The number of hydrogen-bond acceptors (Lipinski definition) is 16. The zero-order valence-electron chi connectivity index (χ0n) is 42.2. The average molecular weight is 951 g/mol. The lowest BCUT2D eigenvalue weighted by atomic mass is 10.2. The quantitative estimate of drug-likeness (QED) is 0.0141. The molecule has 3 atom stereocenters. The Bertz CT molecular complexity index is 1250. The van der Waals surface area contributed by atoms with Crippen molar-refractivity contribution < 1.29 is 75.2 Å². The van der Waals surface area contributed by atoms with Crippen molar-refractivity contribution in [1.82, 2.24) is 0 Å². The van der Waals surface area contributed by atoms with E-state index < -0.39 is 62.0 Å². The van der Waals surface area contributed by atoms with Gasteiger partial charge in [0, 0.05) is 16.7 Å². The summed E-state index contributed by atoms with van der Waals surface area (Å²) in [7, 11) is -5.67. The van der Waals surface area contributed by atoms with E-state index in [1.165, 1.54) is 20.8 Å². The van der Waals surface area contributed by atoms with Crippen LogP contribution in [0, 0.1) is 0 Å². The maximum absolute atomic E-state index is 16.8. The van der Waals surface area contributed by atoms with Crippen molar-refractivity contribution in [3.8, 4) is 0 Å². The molecule has 17 heteroatoms. The number of phosphoric acid groups is 1. The Balaban J connectivity index is 9.09. The van der Waals surface area contributed by atoms with Crippen molar-refractivity contribution in [3.63, 3.8) is 0 Å². The van der Waals surface area contributed by atoms with Crippen LogP contribution in [0.3, 0.4) is 0 Å². The zero-order chi connectivity index (χ0) is 49.5. The Morgan fingerprint density at radius 2 is 0.585 bits per heavy atom. The largest absolute Gasteiger partial charge is 0.488 e. The molecule has 0 amide bonds. The summed E-state index contributed by atoms with van der Waals surface area (Å²) in [6.45, 7) is 32.2. The summed E-state index contributed by atoms with van der Waals surface area (Å²) >= 11 is 0. The molecule has 380 valence electrons. The number of hydrogen-bond donors (Lipinski definition) is 0. The van der Waals surface area contributed by atoms with Gasteiger partial charge >= 0.3 is 43.7 Å². The maximum atomic E-state index is 16.8. The van der Waals surface area contributed by atoms with Crippen molar-refractivity contribution in [2.45, 2.75) is 216 Å². The van der Waals surface area contributed by atoms with Gasteiger partial charge in [-0.1, -0.05) is 121 Å². The number of carbonyl (C=O) groups excluding carboxylic acids is 3. The fraction of sp³-hybridized carbons (Fsp3) is 0.812. The van der Waals surface area contributed by atoms with Crippen molar-refractivity contribution in [2.75, 3.05) is 39.6 Å². The highest BCUT2D eigenvalue weighted by atomic mass is 31.2. The van der Waals surface area contributed by atoms with E-state index in [1.54, 1.807) is 20.8 Å². The molecule has 0 radical (unpaired) electrons. The van der Waals surface area contributed by atoms with Gasteiger partial charge in [-0.15, -0.1) is 0 Å². The summed E-state index contributed by atoms with van der Waals surface area (Å²) in [5.41, 5.74) is 0.183. The average Bonchev–Trinajstić information content (AvgIpc) is 3.26. The highest BCUT2D eigenvalue weighted by Gasteiger charge is 2.62. The van der Waals surface area contributed by atoms with Crippen LogP contribution < -0.4 is 0 Å². The molecule has 0 fully saturated rings. The molecule has 65 heavy (non-hydrogen) atoms. The van der Waals surface area contributed by atoms with Crippen LogP contribution in [0.5, 0.6) is 0 Å². The Morgan fingerprint density at radius 1 is 0.400 bits per heavy atom. The number of ether oxygens (including phenoxy) is 9. The normalized spacial score (nSPS) is 14.5. The van der Waals surface area contributed by atoms with Gasteiger partial charge in [0.15, 0.2) is 18.3 Å². The monoisotopic (exact) mass is 951 g/mol. The highest BCUT2D eigenvalue weighted by molar-refractivity contribution is 7.48. The van der Waals surface area contributed by atoms with Gasteiger partial charge in [-0.2, -0.15) is 0 Å². The minimum atomic E-state index is -5.67. The highest BCUT2D eigenvalue weighted by Crippen LogP contribution is 2.61. The summed E-state index contributed by atoms with van der Waals surface area (Å²) in [4.78, 5) is 40.2. The topological polar surface area (TPSA) is 179 Å². The van der Waals surface area contributed by atoms with Crippen molar-refractivity contribution >= 4 is 25.7 Å². The lowest BCUT2D eigenvalue weighted by Crippen LogP contribution is -2.56. The fourth-order valence-corrected chi connectivity index (χ4v) is 7.31. The molecular weight excluding hydrogens is 863 g/mol. The van der Waals surface area contributed by atoms with E-state index in [4.69, 9.17) is 56.2 Å². The van der Waals surface area contributed by atoms with Crippen molar-refractivity contribution in [3.05, 3.63) is 36.5 Å². The van der Waals surface area contributed by atoms with E-state index in [-0.39, 0.29) is 75.6 Å². The van der Waals surface area contributed by atoms with Crippen LogP contribution in [-0.4, -0.2) is 93.8 Å². The number of esters is 3. The summed E-state index contributed by atoms with van der Waals surface area (Å²) in [5, 5.41) is 0. The van der Waals surface area contributed by atoms with Crippen LogP contribution in [0.15, 0.2) is 36.5 Å². The number of rotatable bonds is 42. The molecule has 0 aromatic carbocycles. The second kappa shape index (κ2) is 33.9. The third kappa shape index (κ3) is 22.0. The first-order valence-electron chi connectivity index (χ1n) is 24.0. The summed E-state index contributed by atoms with van der Waals surface area (Å²) in [5.74, 6) is -10.0. The van der Waals surface area contributed by atoms with Gasteiger partial charge in [0.05, 0.1) is 39.6 Å². The maximum Gasteiger partial charge on any atom is 0.488 e. The van der Waals surface area contributed by atoms with E-state index in [2.05, 4.69) is 19.7 Å². The van der Waals surface area contributed by atoms with Gasteiger partial charge in [0.2, 0.25) is 0 Å². The molecule has 0 N–H and O–H groups in total. The summed E-state index contributed by atoms with van der Waals surface area (Å²) in [6.07, 6.45) is 2.44. The Hall–Kier alpha value is -2.50. The van der Waals surface area contributed by atoms with Crippen molar-refractivity contribution in [2.24, 2.45) is 0 Å². The SMILES string of the molecule is C=C(C)C(=O)OC(CC)C(OCCCC)(OCCCC)OP(=O)(OC(OCCCC)(OCCCC)C(CC)OC(=O)C(=C)C)OC(OCCCC)(OCCCC)C(CC)OC(=O)C(=C)C. The van der Waals surface area contributed by atoms with Gasteiger partial charge in [0.1, 0.15) is 0 Å². The minimum Gasteiger partial charge on any atom is -0.450 e. The first kappa shape index (κ1) is 62.5. The zero-order valence-corrected chi connectivity index (χ0v) is 43.1. The van der Waals surface area contributed by atoms with Crippen LogP contribution in [0.4, 0.5) is 0 Å². The Kier molecular flexibility index (Phi) is 32.6. The smallest absolute Gasteiger partial charge is 0.450 e. The lowest BCUT2D eigenvalue weighted by molar-refractivity contribution is -0.427. The predicted molar refractivity (Wildman–Crippen MR) is 249 cm³/mol. The lowest BCUT2D eigenvalue weighted by Gasteiger charge is -2.45. The molecule has 0 heterocycles. The van der Waals surface area contributed by atoms with Gasteiger partial charge in [0.25, 0.3) is 0 Å². The molecule has 0 saturated carbocycles. The third-order valence-corrected chi connectivity index (χ3v) is 11.0. The molecule has 0 aliphatic carbocycles. The van der Waals surface area contributed by atoms with E-state index >= 15 is 4.57 Å².